The van der Waals surface area contributed by atoms with E-state index in [9.17, 15) is 13.6 Å². The smallest absolute Gasteiger partial charge is 0.258 e. The molecule has 122 valence electrons. The predicted molar refractivity (Wildman–Crippen MR) is 81.5 cm³/mol. The van der Waals surface area contributed by atoms with Gasteiger partial charge in [0.1, 0.15) is 18.1 Å². The molecule has 0 aliphatic rings. The summed E-state index contributed by atoms with van der Waals surface area (Å²) in [6.07, 6.45) is 0. The van der Waals surface area contributed by atoms with E-state index in [0.717, 1.165) is 23.4 Å². The van der Waals surface area contributed by atoms with Gasteiger partial charge in [-0.1, -0.05) is 12.1 Å². The lowest BCUT2D eigenvalue weighted by Crippen LogP contribution is -2.32. The van der Waals surface area contributed by atoms with Crippen LogP contribution < -0.4 is 14.8 Å². The number of hydrogen-bond acceptors (Lipinski definition) is 3. The second kappa shape index (κ2) is 8.12. The van der Waals surface area contributed by atoms with Crippen molar-refractivity contribution in [3.05, 3.63) is 59.7 Å². The van der Waals surface area contributed by atoms with Crippen LogP contribution in [0.2, 0.25) is 0 Å². The van der Waals surface area contributed by atoms with Gasteiger partial charge in [0.25, 0.3) is 5.91 Å². The average Bonchev–Trinajstić information content (AvgIpc) is 2.53. The summed E-state index contributed by atoms with van der Waals surface area (Å²) >= 11 is 0. The van der Waals surface area contributed by atoms with E-state index in [1.54, 1.807) is 0 Å². The van der Waals surface area contributed by atoms with Crippen molar-refractivity contribution in [1.29, 1.82) is 0 Å². The zero-order valence-electron chi connectivity index (χ0n) is 12.6. The summed E-state index contributed by atoms with van der Waals surface area (Å²) in [5.74, 6) is -1.53. The number of carbonyl (C=O) groups is 1. The molecule has 0 aliphatic carbocycles. The van der Waals surface area contributed by atoms with E-state index in [1.165, 1.54) is 6.07 Å². The molecule has 1 amide bonds. The van der Waals surface area contributed by atoms with Crippen LogP contribution in [0.4, 0.5) is 8.78 Å². The lowest BCUT2D eigenvalue weighted by molar-refractivity contribution is -0.123. The number of benzene rings is 2. The highest BCUT2D eigenvalue weighted by Crippen LogP contribution is 2.15. The maximum absolute atomic E-state index is 13.0. The summed E-state index contributed by atoms with van der Waals surface area (Å²) < 4.78 is 36.3. The molecule has 0 spiro atoms. The molecule has 0 aliphatic heterocycles. The number of carbonyl (C=O) groups excluding carboxylic acids is 1. The Bertz CT molecular complexity index is 677. The highest BCUT2D eigenvalue weighted by molar-refractivity contribution is 5.77. The van der Waals surface area contributed by atoms with Crippen molar-refractivity contribution in [1.82, 2.24) is 5.32 Å². The van der Waals surface area contributed by atoms with E-state index >= 15 is 0 Å². The molecule has 0 heterocycles. The highest BCUT2D eigenvalue weighted by Gasteiger charge is 2.06. The molecule has 0 unspecified atom stereocenters. The van der Waals surface area contributed by atoms with Crippen molar-refractivity contribution in [3.63, 3.8) is 0 Å². The average molecular weight is 321 g/mol. The Balaban J connectivity index is 1.66. The maximum Gasteiger partial charge on any atom is 0.258 e. The van der Waals surface area contributed by atoms with Crippen LogP contribution in [0.1, 0.15) is 5.56 Å². The van der Waals surface area contributed by atoms with Gasteiger partial charge in [0, 0.05) is 6.07 Å². The lowest BCUT2D eigenvalue weighted by atomic mass is 10.2. The summed E-state index contributed by atoms with van der Waals surface area (Å²) in [6.45, 7) is 2.31. The Morgan fingerprint density at radius 2 is 1.83 bits per heavy atom. The third kappa shape index (κ3) is 5.58. The second-order valence-corrected chi connectivity index (χ2v) is 4.88. The van der Waals surface area contributed by atoms with Gasteiger partial charge >= 0.3 is 0 Å². The zero-order chi connectivity index (χ0) is 16.7. The standard InChI is InChI=1S/C17H17F2NO3/c1-12-3-2-4-13(9-12)22-8-7-20-17(21)11-23-14-5-6-15(18)16(19)10-14/h2-6,9-10H,7-8,11H2,1H3,(H,20,21). The number of hydrogen-bond donors (Lipinski definition) is 1. The molecule has 23 heavy (non-hydrogen) atoms. The Labute approximate surface area is 133 Å². The SMILES string of the molecule is Cc1cccc(OCCNC(=O)COc2ccc(F)c(F)c2)c1. The van der Waals surface area contributed by atoms with E-state index in [4.69, 9.17) is 9.47 Å². The van der Waals surface area contributed by atoms with Crippen molar-refractivity contribution in [2.75, 3.05) is 19.8 Å². The van der Waals surface area contributed by atoms with E-state index in [2.05, 4.69) is 5.32 Å². The van der Waals surface area contributed by atoms with Crippen molar-refractivity contribution in [3.8, 4) is 11.5 Å². The summed E-state index contributed by atoms with van der Waals surface area (Å²) in [5, 5.41) is 2.61. The van der Waals surface area contributed by atoms with Gasteiger partial charge < -0.3 is 14.8 Å². The summed E-state index contributed by atoms with van der Waals surface area (Å²) in [5.41, 5.74) is 1.09. The molecule has 0 aromatic heterocycles. The van der Waals surface area contributed by atoms with Gasteiger partial charge in [0.15, 0.2) is 18.2 Å². The van der Waals surface area contributed by atoms with E-state index < -0.39 is 11.6 Å². The van der Waals surface area contributed by atoms with Gasteiger partial charge in [0.2, 0.25) is 0 Å². The molecule has 0 atom stereocenters. The van der Waals surface area contributed by atoms with Crippen LogP contribution in [-0.2, 0) is 4.79 Å². The van der Waals surface area contributed by atoms with Gasteiger partial charge in [0.05, 0.1) is 6.54 Å². The van der Waals surface area contributed by atoms with Gasteiger partial charge in [-0.25, -0.2) is 8.78 Å². The van der Waals surface area contributed by atoms with Gasteiger partial charge in [-0.05, 0) is 36.8 Å². The maximum atomic E-state index is 13.0. The Kier molecular flexibility index (Phi) is 5.91. The topological polar surface area (TPSA) is 47.6 Å². The highest BCUT2D eigenvalue weighted by atomic mass is 19.2. The largest absolute Gasteiger partial charge is 0.492 e. The number of ether oxygens (including phenoxy) is 2. The van der Waals surface area contributed by atoms with Crippen molar-refractivity contribution in [2.24, 2.45) is 0 Å². The molecule has 0 bridgehead atoms. The molecule has 2 aromatic rings. The first-order chi connectivity index (χ1) is 11.0. The quantitative estimate of drug-likeness (QED) is 0.798. The monoisotopic (exact) mass is 321 g/mol. The number of rotatable bonds is 7. The molecule has 0 fully saturated rings. The number of halogens is 2. The minimum atomic E-state index is -1.02. The second-order valence-electron chi connectivity index (χ2n) is 4.88. The fourth-order valence-corrected chi connectivity index (χ4v) is 1.83. The number of amides is 1. The van der Waals surface area contributed by atoms with E-state index in [0.29, 0.717) is 13.2 Å². The zero-order valence-corrected chi connectivity index (χ0v) is 12.6. The summed E-state index contributed by atoms with van der Waals surface area (Å²) in [4.78, 5) is 11.6. The van der Waals surface area contributed by atoms with Crippen molar-refractivity contribution >= 4 is 5.91 Å². The van der Waals surface area contributed by atoms with E-state index in [1.807, 2.05) is 31.2 Å². The minimum Gasteiger partial charge on any atom is -0.492 e. The summed E-state index contributed by atoms with van der Waals surface area (Å²) in [7, 11) is 0. The molecule has 0 radical (unpaired) electrons. The van der Waals surface area contributed by atoms with Crippen LogP contribution in [0.25, 0.3) is 0 Å². The molecule has 0 saturated carbocycles. The number of aryl methyl sites for hydroxylation is 1. The van der Waals surface area contributed by atoms with Crippen LogP contribution in [-0.4, -0.2) is 25.7 Å². The van der Waals surface area contributed by atoms with Crippen LogP contribution in [0.3, 0.4) is 0 Å². The predicted octanol–water partition coefficient (Wildman–Crippen LogP) is 2.85. The minimum absolute atomic E-state index is 0.0926. The van der Waals surface area contributed by atoms with Crippen molar-refractivity contribution in [2.45, 2.75) is 6.92 Å². The Hall–Kier alpha value is -2.63. The normalized spacial score (nSPS) is 10.2. The van der Waals surface area contributed by atoms with Gasteiger partial charge in [-0.15, -0.1) is 0 Å². The first kappa shape index (κ1) is 16.7. The third-order valence-corrected chi connectivity index (χ3v) is 2.94. The fourth-order valence-electron chi connectivity index (χ4n) is 1.83. The fraction of sp³-hybridized carbons (Fsp3) is 0.235. The first-order valence-electron chi connectivity index (χ1n) is 7.08. The molecular weight excluding hydrogens is 304 g/mol. The van der Waals surface area contributed by atoms with Gasteiger partial charge in [-0.2, -0.15) is 0 Å². The molecule has 1 N–H and O–H groups in total. The van der Waals surface area contributed by atoms with Crippen molar-refractivity contribution < 1.29 is 23.0 Å². The summed E-state index contributed by atoms with van der Waals surface area (Å²) in [6, 6.07) is 10.7. The number of nitrogens with one attached hydrogen (secondary N) is 1. The first-order valence-corrected chi connectivity index (χ1v) is 7.08. The molecule has 6 heteroatoms. The molecule has 4 nitrogen and oxygen atoms in total. The molecule has 0 saturated heterocycles. The molecular formula is C17H17F2NO3. The lowest BCUT2D eigenvalue weighted by Gasteiger charge is -2.09. The molecule has 2 aromatic carbocycles. The third-order valence-electron chi connectivity index (χ3n) is 2.94. The van der Waals surface area contributed by atoms with Gasteiger partial charge in [-0.3, -0.25) is 4.79 Å². The van der Waals surface area contributed by atoms with Crippen LogP contribution in [0, 0.1) is 18.6 Å². The van der Waals surface area contributed by atoms with E-state index in [-0.39, 0.29) is 18.3 Å². The Morgan fingerprint density at radius 1 is 1.04 bits per heavy atom. The molecule has 2 rings (SSSR count). The van der Waals surface area contributed by atoms with Crippen LogP contribution >= 0.6 is 0 Å². The Morgan fingerprint density at radius 3 is 2.57 bits per heavy atom. The van der Waals surface area contributed by atoms with Crippen LogP contribution in [0.15, 0.2) is 42.5 Å². The van der Waals surface area contributed by atoms with Crippen LogP contribution in [0.5, 0.6) is 11.5 Å².